The van der Waals surface area contributed by atoms with Gasteiger partial charge in [0.25, 0.3) is 5.91 Å². The molecule has 0 atom stereocenters. The summed E-state index contributed by atoms with van der Waals surface area (Å²) in [6.45, 7) is 0.436. The molecule has 1 aromatic carbocycles. The number of furan rings is 1. The molecule has 0 spiro atoms. The Balaban J connectivity index is 1.86. The SMILES string of the molecule is O=C1/C(=C/c2ccc(Cl)cc2Cl)C(=S)SN1Cc1ccoc1. The average Bonchev–Trinajstić information content (AvgIpc) is 3.06. The molecule has 1 aliphatic heterocycles. The first kappa shape index (κ1) is 15.6. The minimum absolute atomic E-state index is 0.137. The zero-order valence-electron chi connectivity index (χ0n) is 11.1. The van der Waals surface area contributed by atoms with E-state index in [2.05, 4.69) is 0 Å². The molecule has 112 valence electrons. The Kier molecular flexibility index (Phi) is 4.59. The zero-order valence-corrected chi connectivity index (χ0v) is 14.2. The van der Waals surface area contributed by atoms with Crippen molar-refractivity contribution in [3.05, 3.63) is 63.5 Å². The number of amides is 1. The van der Waals surface area contributed by atoms with Crippen molar-refractivity contribution in [3.63, 3.8) is 0 Å². The summed E-state index contributed by atoms with van der Waals surface area (Å²) >= 11 is 18.6. The molecule has 1 saturated heterocycles. The molecule has 0 saturated carbocycles. The first-order valence-corrected chi connectivity index (χ1v) is 8.20. The first-order chi connectivity index (χ1) is 10.5. The average molecular weight is 370 g/mol. The predicted molar refractivity (Wildman–Crippen MR) is 93.9 cm³/mol. The molecule has 0 N–H and O–H groups in total. The Hall–Kier alpha value is -1.27. The molecule has 0 radical (unpaired) electrons. The molecule has 3 rings (SSSR count). The minimum atomic E-state index is -0.137. The summed E-state index contributed by atoms with van der Waals surface area (Å²) in [7, 11) is 0. The lowest BCUT2D eigenvalue weighted by atomic mass is 10.1. The standard InChI is InChI=1S/C15H9Cl2NO2S2/c16-11-2-1-10(13(17)6-11)5-12-14(19)18(22-15(12)21)7-9-3-4-20-8-9/h1-6,8H,7H2/b12-5-. The van der Waals surface area contributed by atoms with Crippen LogP contribution in [0.2, 0.25) is 10.0 Å². The second-order valence-corrected chi connectivity index (χ2v) is 7.12. The van der Waals surface area contributed by atoms with Crippen molar-refractivity contribution < 1.29 is 9.21 Å². The number of thiocarbonyl (C=S) groups is 1. The summed E-state index contributed by atoms with van der Waals surface area (Å²) in [5.41, 5.74) is 2.09. The van der Waals surface area contributed by atoms with Gasteiger partial charge in [-0.1, -0.05) is 41.5 Å². The summed E-state index contributed by atoms with van der Waals surface area (Å²) in [5.74, 6) is -0.137. The predicted octanol–water partition coefficient (Wildman–Crippen LogP) is 4.99. The molecule has 1 aliphatic rings. The van der Waals surface area contributed by atoms with Crippen molar-refractivity contribution in [2.45, 2.75) is 6.54 Å². The molecule has 0 aliphatic carbocycles. The summed E-state index contributed by atoms with van der Waals surface area (Å²) in [6, 6.07) is 6.93. The third kappa shape index (κ3) is 3.22. The van der Waals surface area contributed by atoms with Crippen LogP contribution in [-0.2, 0) is 11.3 Å². The molecular weight excluding hydrogens is 361 g/mol. The largest absolute Gasteiger partial charge is 0.472 e. The normalized spacial score (nSPS) is 16.8. The van der Waals surface area contributed by atoms with Crippen LogP contribution >= 0.6 is 47.4 Å². The summed E-state index contributed by atoms with van der Waals surface area (Å²) in [6.07, 6.45) is 4.88. The van der Waals surface area contributed by atoms with Gasteiger partial charge in [-0.15, -0.1) is 0 Å². The summed E-state index contributed by atoms with van der Waals surface area (Å²) in [4.78, 5) is 12.5. The number of halogens is 2. The highest BCUT2D eigenvalue weighted by Gasteiger charge is 2.32. The van der Waals surface area contributed by atoms with E-state index in [1.54, 1.807) is 41.1 Å². The van der Waals surface area contributed by atoms with Crippen molar-refractivity contribution in [2.75, 3.05) is 0 Å². The van der Waals surface area contributed by atoms with Gasteiger partial charge in [-0.2, -0.15) is 0 Å². The van der Waals surface area contributed by atoms with Crippen molar-refractivity contribution in [2.24, 2.45) is 0 Å². The minimum Gasteiger partial charge on any atom is -0.472 e. The highest BCUT2D eigenvalue weighted by Crippen LogP contribution is 2.34. The number of carbonyl (C=O) groups is 1. The van der Waals surface area contributed by atoms with Crippen LogP contribution in [0.1, 0.15) is 11.1 Å². The number of benzene rings is 1. The summed E-state index contributed by atoms with van der Waals surface area (Å²) in [5, 5.41) is 1.03. The molecule has 1 fully saturated rings. The number of hydrogen-bond acceptors (Lipinski definition) is 4. The third-order valence-electron chi connectivity index (χ3n) is 3.04. The first-order valence-electron chi connectivity index (χ1n) is 6.26. The van der Waals surface area contributed by atoms with E-state index in [-0.39, 0.29) is 5.91 Å². The maximum absolute atomic E-state index is 12.5. The Morgan fingerprint density at radius 1 is 1.32 bits per heavy atom. The van der Waals surface area contributed by atoms with Crippen molar-refractivity contribution >= 4 is 63.5 Å². The van der Waals surface area contributed by atoms with Crippen LogP contribution in [0.25, 0.3) is 6.08 Å². The molecule has 1 aromatic heterocycles. The van der Waals surface area contributed by atoms with Gasteiger partial charge in [-0.25, -0.2) is 0 Å². The fourth-order valence-electron chi connectivity index (χ4n) is 1.96. The zero-order chi connectivity index (χ0) is 15.7. The van der Waals surface area contributed by atoms with Crippen molar-refractivity contribution in [1.29, 1.82) is 0 Å². The topological polar surface area (TPSA) is 33.5 Å². The van der Waals surface area contributed by atoms with Crippen LogP contribution in [0.15, 0.2) is 46.8 Å². The Morgan fingerprint density at radius 2 is 2.14 bits per heavy atom. The molecule has 3 nitrogen and oxygen atoms in total. The van der Waals surface area contributed by atoms with Gasteiger partial charge in [0, 0.05) is 27.6 Å². The highest BCUT2D eigenvalue weighted by atomic mass is 35.5. The van der Waals surface area contributed by atoms with Gasteiger partial charge in [0.15, 0.2) is 0 Å². The Morgan fingerprint density at radius 3 is 2.82 bits per heavy atom. The molecule has 2 aromatic rings. The van der Waals surface area contributed by atoms with E-state index < -0.39 is 0 Å². The molecule has 22 heavy (non-hydrogen) atoms. The summed E-state index contributed by atoms with van der Waals surface area (Å²) < 4.78 is 7.14. The quantitative estimate of drug-likeness (QED) is 0.433. The van der Waals surface area contributed by atoms with Gasteiger partial charge in [0.1, 0.15) is 4.20 Å². The van der Waals surface area contributed by atoms with Gasteiger partial charge in [0.05, 0.1) is 24.6 Å². The second-order valence-electron chi connectivity index (χ2n) is 4.58. The fraction of sp³-hybridized carbons (Fsp3) is 0.0667. The van der Waals surface area contributed by atoms with Crippen LogP contribution in [0.4, 0.5) is 0 Å². The van der Waals surface area contributed by atoms with E-state index in [0.29, 0.717) is 31.9 Å². The maximum atomic E-state index is 12.5. The van der Waals surface area contributed by atoms with Crippen LogP contribution < -0.4 is 0 Å². The Bertz CT molecular complexity index is 772. The second kappa shape index (κ2) is 6.46. The fourth-order valence-corrected chi connectivity index (χ4v) is 3.68. The van der Waals surface area contributed by atoms with Crippen LogP contribution in [-0.4, -0.2) is 14.4 Å². The van der Waals surface area contributed by atoms with Gasteiger partial charge in [0.2, 0.25) is 0 Å². The monoisotopic (exact) mass is 369 g/mol. The number of hydrogen-bond donors (Lipinski definition) is 0. The van der Waals surface area contributed by atoms with Gasteiger partial charge >= 0.3 is 0 Å². The lowest BCUT2D eigenvalue weighted by Crippen LogP contribution is -2.18. The lowest BCUT2D eigenvalue weighted by Gasteiger charge is -2.10. The number of rotatable bonds is 3. The maximum Gasteiger partial charge on any atom is 0.266 e. The van der Waals surface area contributed by atoms with E-state index in [1.165, 1.54) is 11.9 Å². The molecule has 0 bridgehead atoms. The molecular formula is C15H9Cl2NO2S2. The van der Waals surface area contributed by atoms with Crippen molar-refractivity contribution in [3.8, 4) is 0 Å². The smallest absolute Gasteiger partial charge is 0.266 e. The highest BCUT2D eigenvalue weighted by molar-refractivity contribution is 8.23. The molecule has 2 heterocycles. The third-order valence-corrected chi connectivity index (χ3v) is 4.95. The Labute approximate surface area is 147 Å². The van der Waals surface area contributed by atoms with Crippen LogP contribution in [0.3, 0.4) is 0 Å². The van der Waals surface area contributed by atoms with E-state index in [4.69, 9.17) is 39.8 Å². The molecule has 7 heteroatoms. The van der Waals surface area contributed by atoms with E-state index in [9.17, 15) is 4.79 Å². The molecule has 1 amide bonds. The van der Waals surface area contributed by atoms with E-state index in [1.807, 2.05) is 6.07 Å². The van der Waals surface area contributed by atoms with Gasteiger partial charge in [-0.05, 0) is 29.8 Å². The van der Waals surface area contributed by atoms with E-state index >= 15 is 0 Å². The van der Waals surface area contributed by atoms with E-state index in [0.717, 1.165) is 5.56 Å². The van der Waals surface area contributed by atoms with Crippen molar-refractivity contribution in [1.82, 2.24) is 4.31 Å². The van der Waals surface area contributed by atoms with Gasteiger partial charge < -0.3 is 4.42 Å². The number of nitrogens with zero attached hydrogens (tertiary/aromatic N) is 1. The lowest BCUT2D eigenvalue weighted by molar-refractivity contribution is -0.121. The van der Waals surface area contributed by atoms with Crippen LogP contribution in [0, 0.1) is 0 Å². The molecule has 0 unspecified atom stereocenters. The number of carbonyl (C=O) groups excluding carboxylic acids is 1. The van der Waals surface area contributed by atoms with Crippen LogP contribution in [0.5, 0.6) is 0 Å². The van der Waals surface area contributed by atoms with Gasteiger partial charge in [-0.3, -0.25) is 9.10 Å².